The zero-order valence-electron chi connectivity index (χ0n) is 7.63. The van der Waals surface area contributed by atoms with Crippen molar-refractivity contribution in [3.8, 4) is 0 Å². The number of fused-ring (bicyclic) bond motifs is 1. The van der Waals surface area contributed by atoms with E-state index in [1.165, 1.54) is 16.5 Å². The predicted molar refractivity (Wildman–Crippen MR) is 58.9 cm³/mol. The van der Waals surface area contributed by atoms with Gasteiger partial charge in [-0.2, -0.15) is 0 Å². The highest BCUT2D eigenvalue weighted by Gasteiger charge is 2.01. The number of nitrogens with zero attached hydrogens (tertiary/aromatic N) is 1. The van der Waals surface area contributed by atoms with E-state index in [1.807, 2.05) is 12.3 Å². The van der Waals surface area contributed by atoms with Gasteiger partial charge >= 0.3 is 0 Å². The maximum absolute atomic E-state index is 4.32. The average molecular weight is 236 g/mol. The number of benzene rings is 1. The Bertz CT molecular complexity index is 463. The molecule has 0 aliphatic heterocycles. The highest BCUT2D eigenvalue weighted by molar-refractivity contribution is 9.10. The van der Waals surface area contributed by atoms with Crippen LogP contribution >= 0.6 is 15.9 Å². The van der Waals surface area contributed by atoms with E-state index in [0.29, 0.717) is 0 Å². The second-order valence-electron chi connectivity index (χ2n) is 3.25. The van der Waals surface area contributed by atoms with Gasteiger partial charge in [-0.1, -0.05) is 15.9 Å². The molecule has 0 N–H and O–H groups in total. The third-order valence-corrected chi connectivity index (χ3v) is 3.09. The van der Waals surface area contributed by atoms with Gasteiger partial charge in [0.15, 0.2) is 0 Å². The first-order valence-electron chi connectivity index (χ1n) is 4.20. The molecule has 0 unspecified atom stereocenters. The molecule has 0 fully saturated rings. The Balaban J connectivity index is 2.89. The van der Waals surface area contributed by atoms with Gasteiger partial charge in [-0.15, -0.1) is 0 Å². The molecule has 2 heteroatoms. The zero-order valence-corrected chi connectivity index (χ0v) is 9.22. The van der Waals surface area contributed by atoms with Gasteiger partial charge in [0.25, 0.3) is 0 Å². The maximum Gasteiger partial charge on any atom is 0.0708 e. The Morgan fingerprint density at radius 2 is 1.92 bits per heavy atom. The van der Waals surface area contributed by atoms with Crippen molar-refractivity contribution in [1.29, 1.82) is 0 Å². The predicted octanol–water partition coefficient (Wildman–Crippen LogP) is 3.61. The van der Waals surface area contributed by atoms with Crippen molar-refractivity contribution in [2.45, 2.75) is 13.8 Å². The molecule has 2 aromatic rings. The number of aryl methyl sites for hydroxylation is 2. The molecule has 0 spiro atoms. The van der Waals surface area contributed by atoms with Gasteiger partial charge in [0.2, 0.25) is 0 Å². The van der Waals surface area contributed by atoms with Crippen LogP contribution in [0.15, 0.2) is 28.9 Å². The Hall–Kier alpha value is -0.890. The minimum absolute atomic E-state index is 1.07. The van der Waals surface area contributed by atoms with Gasteiger partial charge < -0.3 is 0 Å². The average Bonchev–Trinajstić information content (AvgIpc) is 2.09. The van der Waals surface area contributed by atoms with E-state index in [2.05, 4.69) is 46.9 Å². The number of rotatable bonds is 0. The first-order chi connectivity index (χ1) is 6.18. The van der Waals surface area contributed by atoms with Crippen LogP contribution in [-0.4, -0.2) is 4.98 Å². The minimum Gasteiger partial charge on any atom is -0.256 e. The highest BCUT2D eigenvalue weighted by Crippen LogP contribution is 2.24. The van der Waals surface area contributed by atoms with Crippen molar-refractivity contribution in [2.24, 2.45) is 0 Å². The van der Waals surface area contributed by atoms with Gasteiger partial charge in [-0.25, -0.2) is 0 Å². The molecule has 13 heavy (non-hydrogen) atoms. The van der Waals surface area contributed by atoms with Crippen molar-refractivity contribution in [1.82, 2.24) is 4.98 Å². The first-order valence-corrected chi connectivity index (χ1v) is 4.99. The summed E-state index contributed by atoms with van der Waals surface area (Å²) in [5.74, 6) is 0. The summed E-state index contributed by atoms with van der Waals surface area (Å²) in [6.07, 6.45) is 1.85. The monoisotopic (exact) mass is 235 g/mol. The van der Waals surface area contributed by atoms with Crippen molar-refractivity contribution in [3.05, 3.63) is 40.0 Å². The Labute approximate surface area is 85.9 Å². The molecule has 1 nitrogen and oxygen atoms in total. The van der Waals surface area contributed by atoms with E-state index in [9.17, 15) is 0 Å². The van der Waals surface area contributed by atoms with Crippen LogP contribution in [0, 0.1) is 13.8 Å². The molecule has 2 rings (SSSR count). The Kier molecular flexibility index (Phi) is 2.08. The lowest BCUT2D eigenvalue weighted by Crippen LogP contribution is -1.84. The van der Waals surface area contributed by atoms with E-state index in [-0.39, 0.29) is 0 Å². The molecule has 0 saturated heterocycles. The smallest absolute Gasteiger partial charge is 0.0708 e. The molecule has 1 aromatic heterocycles. The summed E-state index contributed by atoms with van der Waals surface area (Å²) in [6, 6.07) is 6.27. The maximum atomic E-state index is 4.32. The van der Waals surface area contributed by atoms with Crippen LogP contribution in [0.3, 0.4) is 0 Å². The van der Waals surface area contributed by atoms with E-state index < -0.39 is 0 Å². The van der Waals surface area contributed by atoms with Crippen molar-refractivity contribution in [2.75, 3.05) is 0 Å². The molecule has 0 bridgehead atoms. The number of halogens is 1. The topological polar surface area (TPSA) is 12.9 Å². The number of hydrogen-bond donors (Lipinski definition) is 0. The van der Waals surface area contributed by atoms with Gasteiger partial charge in [-0.05, 0) is 43.2 Å². The molecule has 1 heterocycles. The summed E-state index contributed by atoms with van der Waals surface area (Å²) >= 11 is 3.52. The molecule has 1 aromatic carbocycles. The second-order valence-corrected chi connectivity index (χ2v) is 4.10. The molecule has 66 valence electrons. The van der Waals surface area contributed by atoms with Gasteiger partial charge in [-0.3, -0.25) is 4.98 Å². The van der Waals surface area contributed by atoms with E-state index >= 15 is 0 Å². The summed E-state index contributed by atoms with van der Waals surface area (Å²) in [6.45, 7) is 4.18. The van der Waals surface area contributed by atoms with E-state index in [0.717, 1.165) is 9.99 Å². The summed E-state index contributed by atoms with van der Waals surface area (Å²) < 4.78 is 1.15. The fourth-order valence-corrected chi connectivity index (χ4v) is 1.75. The van der Waals surface area contributed by atoms with Crippen LogP contribution < -0.4 is 0 Å². The standard InChI is InChI=1S/C11H10BrN/c1-7-3-4-13-11-5-8(2)10(12)6-9(7)11/h3-6H,1-2H3. The molecule has 0 aliphatic rings. The van der Waals surface area contributed by atoms with Crippen molar-refractivity contribution in [3.63, 3.8) is 0 Å². The number of hydrogen-bond acceptors (Lipinski definition) is 1. The summed E-state index contributed by atoms with van der Waals surface area (Å²) in [4.78, 5) is 4.32. The van der Waals surface area contributed by atoms with Gasteiger partial charge in [0.1, 0.15) is 0 Å². The van der Waals surface area contributed by atoms with E-state index in [1.54, 1.807) is 0 Å². The largest absolute Gasteiger partial charge is 0.256 e. The third kappa shape index (κ3) is 1.46. The SMILES string of the molecule is Cc1cc2nccc(C)c2cc1Br. The summed E-state index contributed by atoms with van der Waals surface area (Å²) in [5, 5.41) is 1.22. The Morgan fingerprint density at radius 3 is 2.69 bits per heavy atom. The van der Waals surface area contributed by atoms with E-state index in [4.69, 9.17) is 0 Å². The highest BCUT2D eigenvalue weighted by atomic mass is 79.9. The van der Waals surface area contributed by atoms with Crippen LogP contribution in [0.4, 0.5) is 0 Å². The van der Waals surface area contributed by atoms with Crippen LogP contribution in [0.2, 0.25) is 0 Å². The van der Waals surface area contributed by atoms with Gasteiger partial charge in [0.05, 0.1) is 5.52 Å². The number of aromatic nitrogens is 1. The first kappa shape index (κ1) is 8.70. The third-order valence-electron chi connectivity index (χ3n) is 2.24. The molecule has 0 atom stereocenters. The van der Waals surface area contributed by atoms with Gasteiger partial charge in [0, 0.05) is 16.1 Å². The Morgan fingerprint density at radius 1 is 1.15 bits per heavy atom. The van der Waals surface area contributed by atoms with Crippen LogP contribution in [-0.2, 0) is 0 Å². The summed E-state index contributed by atoms with van der Waals surface area (Å²) in [7, 11) is 0. The van der Waals surface area contributed by atoms with Crippen molar-refractivity contribution < 1.29 is 0 Å². The van der Waals surface area contributed by atoms with Crippen LogP contribution in [0.25, 0.3) is 10.9 Å². The second kappa shape index (κ2) is 3.11. The van der Waals surface area contributed by atoms with Crippen LogP contribution in [0.5, 0.6) is 0 Å². The molecule has 0 aliphatic carbocycles. The summed E-state index contributed by atoms with van der Waals surface area (Å²) in [5.41, 5.74) is 3.57. The lowest BCUT2D eigenvalue weighted by molar-refractivity contribution is 1.34. The zero-order chi connectivity index (χ0) is 9.42. The molecule has 0 radical (unpaired) electrons. The lowest BCUT2D eigenvalue weighted by atomic mass is 10.1. The molecule has 0 amide bonds. The number of pyridine rings is 1. The minimum atomic E-state index is 1.07. The molecule has 0 saturated carbocycles. The quantitative estimate of drug-likeness (QED) is 0.680. The fraction of sp³-hybridized carbons (Fsp3) is 0.182. The molecular weight excluding hydrogens is 226 g/mol. The fourth-order valence-electron chi connectivity index (χ4n) is 1.41. The molecular formula is C11H10BrN. The lowest BCUT2D eigenvalue weighted by Gasteiger charge is -2.03. The van der Waals surface area contributed by atoms with Crippen molar-refractivity contribution >= 4 is 26.8 Å². The van der Waals surface area contributed by atoms with Crippen LogP contribution in [0.1, 0.15) is 11.1 Å². The normalized spacial score (nSPS) is 10.7.